The summed E-state index contributed by atoms with van der Waals surface area (Å²) < 4.78 is 27.5. The van der Waals surface area contributed by atoms with E-state index in [9.17, 15) is 13.2 Å². The third kappa shape index (κ3) is 6.16. The molecule has 0 saturated carbocycles. The predicted octanol–water partition coefficient (Wildman–Crippen LogP) is 4.16. The van der Waals surface area contributed by atoms with Crippen LogP contribution in [0.4, 0.5) is 5.69 Å². The lowest BCUT2D eigenvalue weighted by atomic mass is 10.0. The summed E-state index contributed by atoms with van der Waals surface area (Å²) in [6.45, 7) is 3.78. The third-order valence-corrected chi connectivity index (χ3v) is 6.72. The van der Waals surface area contributed by atoms with Gasteiger partial charge in [0.05, 0.1) is 11.4 Å². The van der Waals surface area contributed by atoms with Crippen LogP contribution in [0.2, 0.25) is 5.02 Å². The van der Waals surface area contributed by atoms with Crippen molar-refractivity contribution in [3.05, 3.63) is 88.7 Å². The largest absolute Gasteiger partial charge is 0.311 e. The smallest absolute Gasteiger partial charge is 0.242 e. The van der Waals surface area contributed by atoms with Gasteiger partial charge in [0.1, 0.15) is 0 Å². The number of aromatic nitrogens is 1. The minimum absolute atomic E-state index is 0.126. The molecule has 0 spiro atoms. The van der Waals surface area contributed by atoms with Crippen LogP contribution in [0.1, 0.15) is 23.7 Å². The van der Waals surface area contributed by atoms with Gasteiger partial charge in [0.15, 0.2) is 0 Å². The Labute approximate surface area is 194 Å². The number of sulfonamides is 1. The van der Waals surface area contributed by atoms with Gasteiger partial charge < -0.3 is 4.90 Å². The van der Waals surface area contributed by atoms with Gasteiger partial charge in [-0.2, -0.15) is 0 Å². The van der Waals surface area contributed by atoms with Crippen molar-refractivity contribution < 1.29 is 13.2 Å². The van der Waals surface area contributed by atoms with Crippen LogP contribution < -0.4 is 9.62 Å². The summed E-state index contributed by atoms with van der Waals surface area (Å²) in [4.78, 5) is 19.0. The normalized spacial score (nSPS) is 11.3. The molecule has 1 N–H and O–H groups in total. The maximum absolute atomic E-state index is 13.0. The molecule has 32 heavy (non-hydrogen) atoms. The van der Waals surface area contributed by atoms with Gasteiger partial charge in [-0.3, -0.25) is 9.78 Å². The second-order valence-electron chi connectivity index (χ2n) is 7.37. The summed E-state index contributed by atoms with van der Waals surface area (Å²) >= 11 is 6.22. The number of halogens is 1. The monoisotopic (exact) mass is 471 g/mol. The van der Waals surface area contributed by atoms with Crippen LogP contribution in [0.5, 0.6) is 0 Å². The van der Waals surface area contributed by atoms with Crippen LogP contribution in [0.25, 0.3) is 0 Å². The Balaban J connectivity index is 1.75. The number of hydrogen-bond acceptors (Lipinski definition) is 4. The van der Waals surface area contributed by atoms with Crippen LogP contribution in [0.15, 0.2) is 71.8 Å². The Kier molecular flexibility index (Phi) is 8.01. The van der Waals surface area contributed by atoms with Gasteiger partial charge in [0.2, 0.25) is 15.9 Å². The molecule has 0 atom stereocenters. The number of nitrogens with one attached hydrogen (secondary N) is 1. The molecule has 1 aromatic heterocycles. The average Bonchev–Trinajstić information content (AvgIpc) is 2.79. The number of aryl methyl sites for hydroxylation is 3. The van der Waals surface area contributed by atoms with Crippen molar-refractivity contribution in [3.8, 4) is 0 Å². The van der Waals surface area contributed by atoms with Gasteiger partial charge in [-0.1, -0.05) is 35.4 Å². The van der Waals surface area contributed by atoms with E-state index < -0.39 is 10.0 Å². The van der Waals surface area contributed by atoms with Crippen molar-refractivity contribution in [2.24, 2.45) is 0 Å². The zero-order valence-corrected chi connectivity index (χ0v) is 19.7. The first-order valence-corrected chi connectivity index (χ1v) is 12.2. The second-order valence-corrected chi connectivity index (χ2v) is 9.57. The van der Waals surface area contributed by atoms with Crippen LogP contribution in [-0.2, 0) is 27.7 Å². The van der Waals surface area contributed by atoms with E-state index in [0.29, 0.717) is 30.1 Å². The molecule has 0 aliphatic heterocycles. The highest BCUT2D eigenvalue weighted by Crippen LogP contribution is 2.26. The minimum Gasteiger partial charge on any atom is -0.311 e. The molecule has 2 aromatic carbocycles. The summed E-state index contributed by atoms with van der Waals surface area (Å²) in [5, 5.41) is 0.577. The number of carbonyl (C=O) groups is 1. The zero-order valence-electron chi connectivity index (χ0n) is 18.1. The number of anilines is 1. The number of benzene rings is 2. The summed E-state index contributed by atoms with van der Waals surface area (Å²) in [6.07, 6.45) is 3.09. The number of amides is 1. The van der Waals surface area contributed by atoms with E-state index in [0.717, 1.165) is 16.8 Å². The van der Waals surface area contributed by atoms with Gasteiger partial charge in [-0.15, -0.1) is 0 Å². The molecule has 0 fully saturated rings. The van der Waals surface area contributed by atoms with Gasteiger partial charge in [-0.05, 0) is 74.7 Å². The molecule has 168 valence electrons. The SMILES string of the molecule is CCN(C(=O)CNS(=O)(=O)c1ccc(C)cc1)c1ccc(Cl)cc1CCc1ccccn1. The standard InChI is InChI=1S/C24H26ClN3O3S/c1-3-28(24(29)17-27-32(30,31)22-12-7-18(2)8-13-22)23-14-10-20(25)16-19(23)9-11-21-6-4-5-15-26-21/h4-8,10,12-16,27H,3,9,11,17H2,1-2H3. The maximum Gasteiger partial charge on any atom is 0.242 e. The molecule has 3 aromatic rings. The molecule has 3 rings (SSSR count). The topological polar surface area (TPSA) is 79.4 Å². The van der Waals surface area contributed by atoms with E-state index in [1.54, 1.807) is 35.4 Å². The van der Waals surface area contributed by atoms with Crippen molar-refractivity contribution in [2.45, 2.75) is 31.6 Å². The van der Waals surface area contributed by atoms with E-state index >= 15 is 0 Å². The van der Waals surface area contributed by atoms with Crippen molar-refractivity contribution in [1.82, 2.24) is 9.71 Å². The fourth-order valence-corrected chi connectivity index (χ4v) is 4.53. The Morgan fingerprint density at radius 3 is 2.47 bits per heavy atom. The number of rotatable bonds is 9. The predicted molar refractivity (Wildman–Crippen MR) is 127 cm³/mol. The molecular formula is C24H26ClN3O3S. The summed E-state index contributed by atoms with van der Waals surface area (Å²) in [5.41, 5.74) is 3.52. The molecule has 0 aliphatic carbocycles. The molecule has 0 unspecified atom stereocenters. The first kappa shape index (κ1) is 23.9. The van der Waals surface area contributed by atoms with E-state index in [1.165, 1.54) is 12.1 Å². The average molecular weight is 472 g/mol. The third-order valence-electron chi connectivity index (χ3n) is 5.07. The van der Waals surface area contributed by atoms with Crippen molar-refractivity contribution in [2.75, 3.05) is 18.0 Å². The molecule has 1 heterocycles. The molecular weight excluding hydrogens is 446 g/mol. The van der Waals surface area contributed by atoms with Crippen LogP contribution in [0, 0.1) is 6.92 Å². The van der Waals surface area contributed by atoms with Crippen molar-refractivity contribution >= 4 is 33.2 Å². The zero-order chi connectivity index (χ0) is 23.1. The minimum atomic E-state index is -3.79. The van der Waals surface area contributed by atoms with Gasteiger partial charge in [0.25, 0.3) is 0 Å². The highest BCUT2D eigenvalue weighted by Gasteiger charge is 2.21. The van der Waals surface area contributed by atoms with Crippen LogP contribution >= 0.6 is 11.6 Å². The first-order chi connectivity index (χ1) is 15.3. The fraction of sp³-hybridized carbons (Fsp3) is 0.250. The lowest BCUT2D eigenvalue weighted by Gasteiger charge is -2.24. The molecule has 6 nitrogen and oxygen atoms in total. The Morgan fingerprint density at radius 2 is 1.81 bits per heavy atom. The Morgan fingerprint density at radius 1 is 1.06 bits per heavy atom. The van der Waals surface area contributed by atoms with Gasteiger partial charge in [0, 0.05) is 29.1 Å². The first-order valence-electron chi connectivity index (χ1n) is 10.3. The number of nitrogens with zero attached hydrogens (tertiary/aromatic N) is 2. The highest BCUT2D eigenvalue weighted by atomic mass is 35.5. The molecule has 0 radical (unpaired) electrons. The summed E-state index contributed by atoms with van der Waals surface area (Å²) in [7, 11) is -3.79. The number of carbonyl (C=O) groups excluding carboxylic acids is 1. The molecule has 0 saturated heterocycles. The van der Waals surface area contributed by atoms with Gasteiger partial charge in [-0.25, -0.2) is 13.1 Å². The lowest BCUT2D eigenvalue weighted by molar-refractivity contribution is -0.117. The molecule has 0 aliphatic rings. The lowest BCUT2D eigenvalue weighted by Crippen LogP contribution is -2.40. The molecule has 1 amide bonds. The summed E-state index contributed by atoms with van der Waals surface area (Å²) in [5.74, 6) is -0.343. The Hall–Kier alpha value is -2.74. The van der Waals surface area contributed by atoms with Crippen molar-refractivity contribution in [1.29, 1.82) is 0 Å². The van der Waals surface area contributed by atoms with Crippen molar-refractivity contribution in [3.63, 3.8) is 0 Å². The number of likely N-dealkylation sites (N-methyl/N-ethyl adjacent to an activating group) is 1. The van der Waals surface area contributed by atoms with E-state index in [2.05, 4.69) is 9.71 Å². The van der Waals surface area contributed by atoms with Crippen LogP contribution in [-0.4, -0.2) is 32.4 Å². The Bertz CT molecular complexity index is 1170. The number of pyridine rings is 1. The second kappa shape index (κ2) is 10.7. The van der Waals surface area contributed by atoms with Crippen LogP contribution in [0.3, 0.4) is 0 Å². The van der Waals surface area contributed by atoms with E-state index in [-0.39, 0.29) is 17.3 Å². The fourth-order valence-electron chi connectivity index (χ4n) is 3.36. The van der Waals surface area contributed by atoms with E-state index in [4.69, 9.17) is 11.6 Å². The number of hydrogen-bond donors (Lipinski definition) is 1. The highest BCUT2D eigenvalue weighted by molar-refractivity contribution is 7.89. The quantitative estimate of drug-likeness (QED) is 0.508. The molecule has 8 heteroatoms. The maximum atomic E-state index is 13.0. The van der Waals surface area contributed by atoms with E-state index in [1.807, 2.05) is 38.1 Å². The molecule has 0 bridgehead atoms. The summed E-state index contributed by atoms with van der Waals surface area (Å²) in [6, 6.07) is 17.6. The van der Waals surface area contributed by atoms with Gasteiger partial charge >= 0.3 is 0 Å².